The molecule has 0 saturated carbocycles. The van der Waals surface area contributed by atoms with E-state index in [0.717, 1.165) is 25.3 Å². The van der Waals surface area contributed by atoms with E-state index in [4.69, 9.17) is 21.2 Å². The third-order valence-electron chi connectivity index (χ3n) is 5.56. The number of carbonyl (C=O) groups is 2. The van der Waals surface area contributed by atoms with E-state index in [1.165, 1.54) is 0 Å². The lowest BCUT2D eigenvalue weighted by Gasteiger charge is -2.26. The van der Waals surface area contributed by atoms with E-state index in [2.05, 4.69) is 5.16 Å². The van der Waals surface area contributed by atoms with Gasteiger partial charge in [-0.25, -0.2) is 4.79 Å². The van der Waals surface area contributed by atoms with Gasteiger partial charge in [0.15, 0.2) is 6.61 Å². The van der Waals surface area contributed by atoms with Crippen LogP contribution in [-0.4, -0.2) is 59.0 Å². The number of halogens is 1. The van der Waals surface area contributed by atoms with Gasteiger partial charge in [0.25, 0.3) is 5.91 Å². The van der Waals surface area contributed by atoms with Crippen LogP contribution in [0.25, 0.3) is 0 Å². The predicted octanol–water partition coefficient (Wildman–Crippen LogP) is 3.99. The molecule has 1 amide bonds. The Kier molecular flexibility index (Phi) is 8.77. The van der Waals surface area contributed by atoms with E-state index in [1.807, 2.05) is 19.1 Å². The second kappa shape index (κ2) is 11.7. The normalized spacial score (nSPS) is 22.8. The first-order chi connectivity index (χ1) is 15.9. The van der Waals surface area contributed by atoms with Crippen LogP contribution >= 0.6 is 11.6 Å². The Morgan fingerprint density at radius 3 is 2.76 bits per heavy atom. The zero-order chi connectivity index (χ0) is 23.8. The molecular weight excluding hydrogens is 448 g/mol. The molecule has 0 bridgehead atoms. The third-order valence-corrected chi connectivity index (χ3v) is 5.98. The number of fused-ring (bicyclic) bond motifs is 1. The molecule has 0 aliphatic carbocycles. The summed E-state index contributed by atoms with van der Waals surface area (Å²) in [6.07, 6.45) is 11.0. The Bertz CT molecular complexity index is 966. The number of amides is 1. The molecule has 1 saturated heterocycles. The van der Waals surface area contributed by atoms with Crippen molar-refractivity contribution in [2.45, 2.75) is 39.0 Å². The molecule has 1 fully saturated rings. The summed E-state index contributed by atoms with van der Waals surface area (Å²) in [4.78, 5) is 32.1. The second-order valence-electron chi connectivity index (χ2n) is 8.20. The number of ether oxygens (including phenoxy) is 1. The molecule has 0 aromatic heterocycles. The average Bonchev–Trinajstić information content (AvgIpc) is 2.80. The van der Waals surface area contributed by atoms with Gasteiger partial charge in [-0.2, -0.15) is 0 Å². The van der Waals surface area contributed by atoms with Crippen LogP contribution in [0.2, 0.25) is 5.02 Å². The van der Waals surface area contributed by atoms with Crippen molar-refractivity contribution in [3.05, 3.63) is 46.5 Å². The number of allylic oxidation sites excluding steroid dienone is 3. The molecule has 8 nitrogen and oxygen atoms in total. The van der Waals surface area contributed by atoms with Crippen LogP contribution in [0.15, 0.2) is 35.5 Å². The Morgan fingerprint density at radius 1 is 1.24 bits per heavy atom. The van der Waals surface area contributed by atoms with Gasteiger partial charge in [0.2, 0.25) is 0 Å². The molecule has 2 N–H and O–H groups in total. The number of phenolic OH excluding ortho intramolecular Hbond substituents is 2. The number of hydrogen-bond acceptors (Lipinski definition) is 7. The summed E-state index contributed by atoms with van der Waals surface area (Å²) in [6, 6.07) is 0.999. The fraction of sp³-hybridized carbons (Fsp3) is 0.458. The number of oxime groups is 1. The molecule has 3 rings (SSSR count). The van der Waals surface area contributed by atoms with Gasteiger partial charge in [-0.3, -0.25) is 4.79 Å². The number of carbonyl (C=O) groups excluding carboxylic acids is 2. The number of rotatable bonds is 3. The van der Waals surface area contributed by atoms with Crippen molar-refractivity contribution in [1.29, 1.82) is 0 Å². The predicted molar refractivity (Wildman–Crippen MR) is 125 cm³/mol. The first kappa shape index (κ1) is 24.6. The minimum Gasteiger partial charge on any atom is -0.507 e. The zero-order valence-corrected chi connectivity index (χ0v) is 19.4. The van der Waals surface area contributed by atoms with Crippen molar-refractivity contribution in [3.63, 3.8) is 0 Å². The van der Waals surface area contributed by atoms with Crippen LogP contribution in [0, 0.1) is 5.92 Å². The number of piperidine rings is 1. The Hall–Kier alpha value is -3.00. The largest absolute Gasteiger partial charge is 0.507 e. The van der Waals surface area contributed by atoms with Gasteiger partial charge in [0.05, 0.1) is 10.7 Å². The van der Waals surface area contributed by atoms with Gasteiger partial charge in [0, 0.05) is 25.6 Å². The number of aromatic hydroxyl groups is 2. The van der Waals surface area contributed by atoms with Gasteiger partial charge in [-0.1, -0.05) is 41.9 Å². The minimum absolute atomic E-state index is 0.0263. The van der Waals surface area contributed by atoms with Crippen molar-refractivity contribution in [3.8, 4) is 11.5 Å². The molecule has 2 heterocycles. The van der Waals surface area contributed by atoms with Crippen molar-refractivity contribution in [2.75, 3.05) is 26.3 Å². The van der Waals surface area contributed by atoms with E-state index in [-0.39, 0.29) is 53.4 Å². The molecule has 2 aliphatic heterocycles. The van der Waals surface area contributed by atoms with Gasteiger partial charge >= 0.3 is 5.97 Å². The first-order valence-corrected chi connectivity index (χ1v) is 11.4. The number of cyclic esters (lactones) is 1. The lowest BCUT2D eigenvalue weighted by molar-refractivity contribution is -0.137. The maximum absolute atomic E-state index is 12.7. The summed E-state index contributed by atoms with van der Waals surface area (Å²) in [5.41, 5.74) is 0.381. The van der Waals surface area contributed by atoms with Gasteiger partial charge in [0.1, 0.15) is 23.7 Å². The summed E-state index contributed by atoms with van der Waals surface area (Å²) in [7, 11) is 0. The fourth-order valence-electron chi connectivity index (χ4n) is 3.77. The van der Waals surface area contributed by atoms with Gasteiger partial charge in [-0.05, 0) is 43.2 Å². The molecule has 178 valence electrons. The summed E-state index contributed by atoms with van der Waals surface area (Å²) in [5.74, 6) is -1.54. The highest BCUT2D eigenvalue weighted by Crippen LogP contribution is 2.37. The minimum atomic E-state index is -0.773. The number of hydrogen-bond donors (Lipinski definition) is 2. The maximum atomic E-state index is 12.7. The van der Waals surface area contributed by atoms with Crippen LogP contribution < -0.4 is 0 Å². The molecule has 2 aliphatic rings. The quantitative estimate of drug-likeness (QED) is 0.388. The molecule has 1 atom stereocenters. The Balaban J connectivity index is 1.88. The molecule has 1 unspecified atom stereocenters. The van der Waals surface area contributed by atoms with E-state index in [9.17, 15) is 19.8 Å². The van der Waals surface area contributed by atoms with Gasteiger partial charge in [-0.15, -0.1) is 0 Å². The summed E-state index contributed by atoms with van der Waals surface area (Å²) >= 11 is 6.28. The molecule has 1 aromatic rings. The summed E-state index contributed by atoms with van der Waals surface area (Å²) in [5, 5.41) is 24.4. The number of benzene rings is 1. The number of likely N-dealkylation sites (tertiary alicyclic amines) is 1. The highest BCUT2D eigenvalue weighted by Gasteiger charge is 2.24. The third kappa shape index (κ3) is 6.74. The first-order valence-electron chi connectivity index (χ1n) is 11.1. The monoisotopic (exact) mass is 476 g/mol. The summed E-state index contributed by atoms with van der Waals surface area (Å²) < 4.78 is 5.25. The topological polar surface area (TPSA) is 109 Å². The smallest absolute Gasteiger partial charge is 0.342 e. The lowest BCUT2D eigenvalue weighted by atomic mass is 9.99. The Labute approximate surface area is 198 Å². The van der Waals surface area contributed by atoms with Crippen LogP contribution in [0.4, 0.5) is 0 Å². The van der Waals surface area contributed by atoms with E-state index in [0.29, 0.717) is 25.2 Å². The molecule has 9 heteroatoms. The standard InChI is InChI=1S/C24H29ClN2O6/c1-16-7-5-9-17(26-33-15-21(30)27-10-3-2-4-11-27)13-18-22(24(31)32-12-6-8-16)19(28)14-20(29)23(18)25/h5-6,8-9,14,16,28-29H,2-4,7,10-13,15H2,1H3/b8-6+,9-5+,26-17-. The second-order valence-corrected chi connectivity index (χ2v) is 8.58. The van der Waals surface area contributed by atoms with Gasteiger partial charge < -0.3 is 24.7 Å². The van der Waals surface area contributed by atoms with E-state index >= 15 is 0 Å². The fourth-order valence-corrected chi connectivity index (χ4v) is 3.98. The van der Waals surface area contributed by atoms with E-state index < -0.39 is 11.7 Å². The average molecular weight is 477 g/mol. The number of nitrogens with zero attached hydrogens (tertiary/aromatic N) is 2. The molecular formula is C24H29ClN2O6. The zero-order valence-electron chi connectivity index (χ0n) is 18.6. The maximum Gasteiger partial charge on any atom is 0.342 e. The Morgan fingerprint density at radius 2 is 2.00 bits per heavy atom. The lowest BCUT2D eigenvalue weighted by Crippen LogP contribution is -2.37. The highest BCUT2D eigenvalue weighted by molar-refractivity contribution is 6.33. The highest BCUT2D eigenvalue weighted by atomic mass is 35.5. The SMILES string of the molecule is CC1/C=C/COC(=O)c2c(O)cc(O)c(Cl)c2CC(=N\OCC(=O)N2CCCCC2)/C=C/C1. The van der Waals surface area contributed by atoms with Crippen molar-refractivity contribution < 1.29 is 29.4 Å². The van der Waals surface area contributed by atoms with E-state index in [1.54, 1.807) is 17.1 Å². The van der Waals surface area contributed by atoms with Crippen LogP contribution in [0.5, 0.6) is 11.5 Å². The molecule has 1 aromatic carbocycles. The molecule has 0 spiro atoms. The van der Waals surface area contributed by atoms with Crippen LogP contribution in [-0.2, 0) is 20.8 Å². The molecule has 33 heavy (non-hydrogen) atoms. The van der Waals surface area contributed by atoms with Crippen molar-refractivity contribution in [1.82, 2.24) is 4.90 Å². The summed E-state index contributed by atoms with van der Waals surface area (Å²) in [6.45, 7) is 3.28. The number of esters is 1. The van der Waals surface area contributed by atoms with Crippen molar-refractivity contribution in [2.24, 2.45) is 11.1 Å². The number of phenols is 2. The van der Waals surface area contributed by atoms with Crippen LogP contribution in [0.3, 0.4) is 0 Å². The molecule has 0 radical (unpaired) electrons. The van der Waals surface area contributed by atoms with Crippen molar-refractivity contribution >= 4 is 29.2 Å². The van der Waals surface area contributed by atoms with Crippen LogP contribution in [0.1, 0.15) is 48.5 Å².